The van der Waals surface area contributed by atoms with Gasteiger partial charge in [-0.25, -0.2) is 0 Å². The molecule has 2 aliphatic rings. The van der Waals surface area contributed by atoms with Crippen LogP contribution in [0.5, 0.6) is 0 Å². The van der Waals surface area contributed by atoms with Crippen molar-refractivity contribution in [1.29, 1.82) is 0 Å². The van der Waals surface area contributed by atoms with Crippen LogP contribution in [-0.2, 0) is 0 Å². The number of anilines is 1. The number of aromatic amines is 1. The Hall–Kier alpha value is -2.21. The maximum atomic E-state index is 14.0. The number of aromatic nitrogens is 1. The van der Waals surface area contributed by atoms with Crippen LogP contribution in [0.3, 0.4) is 0 Å². The number of H-pyrrole nitrogens is 1. The summed E-state index contributed by atoms with van der Waals surface area (Å²) >= 11 is 12.9. The lowest BCUT2D eigenvalue weighted by atomic mass is 9.88. The normalized spacial score (nSPS) is 19.8. The third-order valence-electron chi connectivity index (χ3n) is 8.91. The zero-order valence-corrected chi connectivity index (χ0v) is 26.6. The maximum absolute atomic E-state index is 14.0. The third-order valence-corrected chi connectivity index (χ3v) is 9.38. The second-order valence-corrected chi connectivity index (χ2v) is 13.9. The first-order chi connectivity index (χ1) is 19.7. The summed E-state index contributed by atoms with van der Waals surface area (Å²) in [5.41, 5.74) is 4.02. The number of hydrogen-bond donors (Lipinski definition) is 1. The van der Waals surface area contributed by atoms with Gasteiger partial charge in [-0.2, -0.15) is 0 Å². The van der Waals surface area contributed by atoms with Crippen LogP contribution in [-0.4, -0.2) is 66.5 Å². The molecular weight excluding hydrogens is 551 g/mol. The number of nitrogens with one attached hydrogen (secondary N) is 1. The molecule has 0 spiro atoms. The largest absolute Gasteiger partial charge is 0.370 e. The van der Waals surface area contributed by atoms with E-state index in [1.54, 1.807) is 0 Å². The van der Waals surface area contributed by atoms with Gasteiger partial charge in [0.2, 0.25) is 0 Å². The van der Waals surface area contributed by atoms with E-state index in [1.807, 2.05) is 24.3 Å². The van der Waals surface area contributed by atoms with Crippen LogP contribution in [0.2, 0.25) is 10.0 Å². The van der Waals surface area contributed by atoms with E-state index in [4.69, 9.17) is 23.2 Å². The number of carbonyl (C=O) groups is 1. The predicted molar refractivity (Wildman–Crippen MR) is 174 cm³/mol. The number of carbonyl (C=O) groups excluding carboxylic acids is 1. The first-order valence-electron chi connectivity index (χ1n) is 15.5. The lowest BCUT2D eigenvalue weighted by Gasteiger charge is -2.27. The van der Waals surface area contributed by atoms with E-state index in [9.17, 15) is 4.79 Å². The molecule has 2 atom stereocenters. The van der Waals surface area contributed by atoms with Gasteiger partial charge in [-0.1, -0.05) is 63.0 Å². The molecule has 0 bridgehead atoms. The summed E-state index contributed by atoms with van der Waals surface area (Å²) in [4.78, 5) is 24.7. The smallest absolute Gasteiger partial charge is 0.270 e. The van der Waals surface area contributed by atoms with E-state index in [2.05, 4.69) is 65.6 Å². The molecule has 1 aromatic heterocycles. The Bertz CT molecular complexity index is 1300. The molecule has 3 aromatic rings. The molecule has 222 valence electrons. The molecule has 5 nitrogen and oxygen atoms in total. The summed E-state index contributed by atoms with van der Waals surface area (Å²) in [5.74, 6) is 2.00. The SMILES string of the molecule is CC(C)CCN(CCC(C)C)c1cc(Cl)cc2cc(C(=O)N3C[C@@H](CN4CCCC4)[C@H](c4ccc(Cl)cc4)C3)[nH]c12. The number of nitrogens with zero attached hydrogens (tertiary/aromatic N) is 3. The molecule has 0 aliphatic carbocycles. The highest BCUT2D eigenvalue weighted by Gasteiger charge is 2.38. The molecule has 2 aromatic carbocycles. The predicted octanol–water partition coefficient (Wildman–Crippen LogP) is 8.32. The number of likely N-dealkylation sites (tertiary alicyclic amines) is 2. The minimum absolute atomic E-state index is 0.0714. The van der Waals surface area contributed by atoms with Gasteiger partial charge >= 0.3 is 0 Å². The number of halogens is 2. The van der Waals surface area contributed by atoms with Gasteiger partial charge in [-0.3, -0.25) is 4.79 Å². The van der Waals surface area contributed by atoms with Crippen molar-refractivity contribution in [3.05, 3.63) is 63.8 Å². The van der Waals surface area contributed by atoms with Gasteiger partial charge in [-0.15, -0.1) is 0 Å². The fraction of sp³-hybridized carbons (Fsp3) is 0.559. The number of hydrogen-bond acceptors (Lipinski definition) is 3. The van der Waals surface area contributed by atoms with E-state index >= 15 is 0 Å². The molecule has 1 N–H and O–H groups in total. The third kappa shape index (κ3) is 7.42. The number of benzene rings is 2. The quantitative estimate of drug-likeness (QED) is 0.242. The van der Waals surface area contributed by atoms with Crippen LogP contribution in [0.15, 0.2) is 42.5 Å². The molecule has 2 fully saturated rings. The van der Waals surface area contributed by atoms with E-state index in [0.717, 1.165) is 80.3 Å². The molecule has 5 rings (SSSR count). The Labute approximate surface area is 256 Å². The van der Waals surface area contributed by atoms with Gasteiger partial charge in [0.05, 0.1) is 11.2 Å². The first kappa shape index (κ1) is 30.3. The van der Waals surface area contributed by atoms with Gasteiger partial charge in [0, 0.05) is 54.1 Å². The Kier molecular flexibility index (Phi) is 9.89. The van der Waals surface area contributed by atoms with E-state index in [1.165, 1.54) is 18.4 Å². The maximum Gasteiger partial charge on any atom is 0.270 e. The van der Waals surface area contributed by atoms with Crippen molar-refractivity contribution in [3.8, 4) is 0 Å². The first-order valence-corrected chi connectivity index (χ1v) is 16.3. The van der Waals surface area contributed by atoms with Crippen molar-refractivity contribution in [3.63, 3.8) is 0 Å². The minimum Gasteiger partial charge on any atom is -0.370 e. The van der Waals surface area contributed by atoms with E-state index in [-0.39, 0.29) is 5.91 Å². The topological polar surface area (TPSA) is 42.6 Å². The summed E-state index contributed by atoms with van der Waals surface area (Å²) < 4.78 is 0. The molecular formula is C34H46Cl2N4O. The molecule has 0 unspecified atom stereocenters. The summed E-state index contributed by atoms with van der Waals surface area (Å²) in [5, 5.41) is 2.45. The molecule has 1 amide bonds. The van der Waals surface area contributed by atoms with Crippen LogP contribution in [0.1, 0.15) is 75.3 Å². The molecule has 7 heteroatoms. The molecule has 0 radical (unpaired) electrons. The highest BCUT2D eigenvalue weighted by Crippen LogP contribution is 2.37. The zero-order valence-electron chi connectivity index (χ0n) is 25.1. The Morgan fingerprint density at radius 2 is 1.59 bits per heavy atom. The van der Waals surface area contributed by atoms with Crippen molar-refractivity contribution >= 4 is 45.7 Å². The Balaban J connectivity index is 1.41. The van der Waals surface area contributed by atoms with Crippen molar-refractivity contribution in [2.24, 2.45) is 17.8 Å². The average molecular weight is 598 g/mol. The Morgan fingerprint density at radius 1 is 0.927 bits per heavy atom. The highest BCUT2D eigenvalue weighted by molar-refractivity contribution is 6.32. The van der Waals surface area contributed by atoms with Crippen LogP contribution >= 0.6 is 23.2 Å². The monoisotopic (exact) mass is 596 g/mol. The average Bonchev–Trinajstić information content (AvgIpc) is 3.69. The number of fused-ring (bicyclic) bond motifs is 1. The van der Waals surface area contributed by atoms with Crippen molar-refractivity contribution in [2.75, 3.05) is 50.7 Å². The van der Waals surface area contributed by atoms with E-state index in [0.29, 0.717) is 34.4 Å². The molecule has 2 aliphatic heterocycles. The second-order valence-electron chi connectivity index (χ2n) is 13.1. The van der Waals surface area contributed by atoms with Crippen LogP contribution < -0.4 is 4.90 Å². The molecule has 41 heavy (non-hydrogen) atoms. The molecule has 0 saturated carbocycles. The fourth-order valence-electron chi connectivity index (χ4n) is 6.51. The minimum atomic E-state index is 0.0714. The lowest BCUT2D eigenvalue weighted by molar-refractivity contribution is 0.0778. The summed E-state index contributed by atoms with van der Waals surface area (Å²) in [6.07, 6.45) is 4.76. The Morgan fingerprint density at radius 3 is 2.22 bits per heavy atom. The lowest BCUT2D eigenvalue weighted by Crippen LogP contribution is -2.32. The number of rotatable bonds is 11. The van der Waals surface area contributed by atoms with Gasteiger partial charge in [0.1, 0.15) is 5.69 Å². The molecule has 2 saturated heterocycles. The number of amides is 1. The van der Waals surface area contributed by atoms with E-state index < -0.39 is 0 Å². The van der Waals surface area contributed by atoms with Gasteiger partial charge < -0.3 is 19.7 Å². The van der Waals surface area contributed by atoms with Crippen LogP contribution in [0, 0.1) is 17.8 Å². The zero-order chi connectivity index (χ0) is 29.1. The van der Waals surface area contributed by atoms with Crippen molar-refractivity contribution in [2.45, 2.75) is 59.3 Å². The van der Waals surface area contributed by atoms with Crippen molar-refractivity contribution < 1.29 is 4.79 Å². The van der Waals surface area contributed by atoms with Crippen LogP contribution in [0.25, 0.3) is 10.9 Å². The molecule has 3 heterocycles. The fourth-order valence-corrected chi connectivity index (χ4v) is 6.86. The second kappa shape index (κ2) is 13.4. The summed E-state index contributed by atoms with van der Waals surface area (Å²) in [6.45, 7) is 15.8. The summed E-state index contributed by atoms with van der Waals surface area (Å²) in [7, 11) is 0. The van der Waals surface area contributed by atoms with Crippen LogP contribution in [0.4, 0.5) is 5.69 Å². The van der Waals surface area contributed by atoms with Gasteiger partial charge in [0.15, 0.2) is 0 Å². The standard InChI is InChI=1S/C34H46Cl2N4O/c1-23(2)11-15-39(16-12-24(3)4)32-19-29(36)17-26-18-31(37-33(26)32)34(41)40-21-27(20-38-13-5-6-14-38)30(22-40)25-7-9-28(35)10-8-25/h7-10,17-19,23-24,27,30,37H,5-6,11-16,20-22H2,1-4H3/t27-,30+/m1/s1. The van der Waals surface area contributed by atoms with Gasteiger partial charge in [-0.05, 0) is 92.4 Å². The highest BCUT2D eigenvalue weighted by atomic mass is 35.5. The van der Waals surface area contributed by atoms with Crippen molar-refractivity contribution in [1.82, 2.24) is 14.8 Å². The summed E-state index contributed by atoms with van der Waals surface area (Å²) in [6, 6.07) is 14.3. The van der Waals surface area contributed by atoms with Gasteiger partial charge in [0.25, 0.3) is 5.91 Å².